The van der Waals surface area contributed by atoms with Gasteiger partial charge in [0.15, 0.2) is 0 Å². The SMILES string of the molecule is CCCCC(C)CNCC1=C(CC)CCC=C1. The van der Waals surface area contributed by atoms with Gasteiger partial charge in [0.2, 0.25) is 0 Å². The minimum absolute atomic E-state index is 0.813. The average molecular weight is 235 g/mol. The van der Waals surface area contributed by atoms with E-state index < -0.39 is 0 Å². The highest BCUT2D eigenvalue weighted by Crippen LogP contribution is 2.21. The largest absolute Gasteiger partial charge is 0.312 e. The summed E-state index contributed by atoms with van der Waals surface area (Å²) in [5, 5.41) is 3.62. The van der Waals surface area contributed by atoms with E-state index in [0.29, 0.717) is 0 Å². The standard InChI is InChI=1S/C16H29N/c1-4-6-9-14(3)12-17-13-16-11-8-7-10-15(16)5-2/h8,11,14,17H,4-7,9-10,12-13H2,1-3H3. The molecule has 0 bridgehead atoms. The highest BCUT2D eigenvalue weighted by molar-refractivity contribution is 5.30. The maximum absolute atomic E-state index is 3.62. The van der Waals surface area contributed by atoms with Gasteiger partial charge in [0.05, 0.1) is 0 Å². The highest BCUT2D eigenvalue weighted by atomic mass is 14.9. The fourth-order valence-electron chi connectivity index (χ4n) is 2.46. The molecule has 0 aromatic heterocycles. The van der Waals surface area contributed by atoms with Crippen LogP contribution in [0.25, 0.3) is 0 Å². The molecular formula is C16H29N. The Morgan fingerprint density at radius 2 is 2.18 bits per heavy atom. The van der Waals surface area contributed by atoms with Crippen molar-refractivity contribution in [3.05, 3.63) is 23.3 Å². The number of nitrogens with one attached hydrogen (secondary N) is 1. The van der Waals surface area contributed by atoms with Crippen LogP contribution in [0.4, 0.5) is 0 Å². The van der Waals surface area contributed by atoms with Gasteiger partial charge < -0.3 is 5.32 Å². The summed E-state index contributed by atoms with van der Waals surface area (Å²) in [7, 11) is 0. The lowest BCUT2D eigenvalue weighted by atomic mass is 9.95. The third kappa shape index (κ3) is 5.54. The number of hydrogen-bond donors (Lipinski definition) is 1. The molecule has 1 rings (SSSR count). The fraction of sp³-hybridized carbons (Fsp3) is 0.750. The molecule has 0 heterocycles. The zero-order chi connectivity index (χ0) is 12.5. The van der Waals surface area contributed by atoms with E-state index in [-0.39, 0.29) is 0 Å². The molecule has 0 aromatic rings. The van der Waals surface area contributed by atoms with Crippen LogP contribution in [-0.4, -0.2) is 13.1 Å². The predicted octanol–water partition coefficient (Wildman–Crippen LogP) is 4.46. The van der Waals surface area contributed by atoms with Crippen molar-refractivity contribution in [3.63, 3.8) is 0 Å². The maximum Gasteiger partial charge on any atom is 0.0205 e. The van der Waals surface area contributed by atoms with E-state index in [1.54, 1.807) is 11.1 Å². The van der Waals surface area contributed by atoms with E-state index in [1.807, 2.05) is 0 Å². The molecule has 98 valence electrons. The molecule has 1 aliphatic carbocycles. The second-order valence-corrected chi connectivity index (χ2v) is 5.30. The first-order valence-corrected chi connectivity index (χ1v) is 7.36. The van der Waals surface area contributed by atoms with E-state index >= 15 is 0 Å². The molecule has 0 radical (unpaired) electrons. The first-order valence-electron chi connectivity index (χ1n) is 7.36. The Morgan fingerprint density at radius 3 is 2.88 bits per heavy atom. The van der Waals surface area contributed by atoms with Crippen molar-refractivity contribution in [3.8, 4) is 0 Å². The minimum Gasteiger partial charge on any atom is -0.312 e. The topological polar surface area (TPSA) is 12.0 Å². The van der Waals surface area contributed by atoms with Crippen molar-refractivity contribution in [2.24, 2.45) is 5.92 Å². The van der Waals surface area contributed by atoms with E-state index in [2.05, 4.69) is 38.2 Å². The molecule has 0 amide bonds. The molecule has 1 nitrogen and oxygen atoms in total. The molecule has 0 saturated heterocycles. The summed E-state index contributed by atoms with van der Waals surface area (Å²) in [5.74, 6) is 0.813. The molecule has 1 N–H and O–H groups in total. The number of unbranched alkanes of at least 4 members (excludes halogenated alkanes) is 1. The monoisotopic (exact) mass is 235 g/mol. The molecule has 1 atom stereocenters. The third-order valence-electron chi connectivity index (χ3n) is 3.67. The average Bonchev–Trinajstić information content (AvgIpc) is 2.37. The van der Waals surface area contributed by atoms with Crippen molar-refractivity contribution in [1.82, 2.24) is 5.32 Å². The first-order chi connectivity index (χ1) is 8.27. The van der Waals surface area contributed by atoms with Crippen LogP contribution >= 0.6 is 0 Å². The van der Waals surface area contributed by atoms with Gasteiger partial charge in [-0.1, -0.05) is 51.3 Å². The Kier molecular flexibility index (Phi) is 7.27. The lowest BCUT2D eigenvalue weighted by Gasteiger charge is -2.17. The van der Waals surface area contributed by atoms with Crippen molar-refractivity contribution in [1.29, 1.82) is 0 Å². The summed E-state index contributed by atoms with van der Waals surface area (Å²) in [6.45, 7) is 9.13. The Morgan fingerprint density at radius 1 is 1.35 bits per heavy atom. The smallest absolute Gasteiger partial charge is 0.0205 e. The summed E-state index contributed by atoms with van der Waals surface area (Å²) < 4.78 is 0. The van der Waals surface area contributed by atoms with Crippen LogP contribution in [-0.2, 0) is 0 Å². The summed E-state index contributed by atoms with van der Waals surface area (Å²) in [6, 6.07) is 0. The van der Waals surface area contributed by atoms with Crippen molar-refractivity contribution in [2.75, 3.05) is 13.1 Å². The molecule has 1 aliphatic rings. The third-order valence-corrected chi connectivity index (χ3v) is 3.67. The molecule has 0 spiro atoms. The van der Waals surface area contributed by atoms with Gasteiger partial charge in [0.25, 0.3) is 0 Å². The van der Waals surface area contributed by atoms with Gasteiger partial charge in [-0.25, -0.2) is 0 Å². The van der Waals surface area contributed by atoms with Crippen LogP contribution in [0.5, 0.6) is 0 Å². The lowest BCUT2D eigenvalue weighted by Crippen LogP contribution is -2.24. The molecule has 0 aromatic carbocycles. The molecule has 0 saturated carbocycles. The second-order valence-electron chi connectivity index (χ2n) is 5.30. The van der Waals surface area contributed by atoms with E-state index in [4.69, 9.17) is 0 Å². The Bertz CT molecular complexity index is 263. The Hall–Kier alpha value is -0.560. The summed E-state index contributed by atoms with van der Waals surface area (Å²) >= 11 is 0. The number of allylic oxidation sites excluding steroid dienone is 2. The van der Waals surface area contributed by atoms with E-state index in [0.717, 1.165) is 19.0 Å². The van der Waals surface area contributed by atoms with Gasteiger partial charge in [0.1, 0.15) is 0 Å². The first kappa shape index (κ1) is 14.5. The van der Waals surface area contributed by atoms with Crippen LogP contribution in [0.1, 0.15) is 59.3 Å². The van der Waals surface area contributed by atoms with Crippen LogP contribution in [0.3, 0.4) is 0 Å². The van der Waals surface area contributed by atoms with Gasteiger partial charge in [0, 0.05) is 6.54 Å². The second kappa shape index (κ2) is 8.52. The van der Waals surface area contributed by atoms with Gasteiger partial charge in [-0.3, -0.25) is 0 Å². The highest BCUT2D eigenvalue weighted by Gasteiger charge is 2.07. The van der Waals surface area contributed by atoms with Gasteiger partial charge in [-0.05, 0) is 43.7 Å². The minimum atomic E-state index is 0.813. The molecule has 1 unspecified atom stereocenters. The van der Waals surface area contributed by atoms with Gasteiger partial charge >= 0.3 is 0 Å². The van der Waals surface area contributed by atoms with Gasteiger partial charge in [-0.2, -0.15) is 0 Å². The zero-order valence-corrected chi connectivity index (χ0v) is 11.9. The fourth-order valence-corrected chi connectivity index (χ4v) is 2.46. The summed E-state index contributed by atoms with van der Waals surface area (Å²) in [5.41, 5.74) is 3.20. The van der Waals surface area contributed by atoms with Crippen molar-refractivity contribution < 1.29 is 0 Å². The van der Waals surface area contributed by atoms with Crippen LogP contribution < -0.4 is 5.32 Å². The lowest BCUT2D eigenvalue weighted by molar-refractivity contribution is 0.473. The van der Waals surface area contributed by atoms with Crippen molar-refractivity contribution >= 4 is 0 Å². The Labute approximate surface area is 107 Å². The summed E-state index contributed by atoms with van der Waals surface area (Å²) in [6.07, 6.45) is 12.4. The summed E-state index contributed by atoms with van der Waals surface area (Å²) in [4.78, 5) is 0. The molecule has 17 heavy (non-hydrogen) atoms. The van der Waals surface area contributed by atoms with E-state index in [1.165, 1.54) is 38.5 Å². The van der Waals surface area contributed by atoms with Crippen LogP contribution in [0, 0.1) is 5.92 Å². The Balaban J connectivity index is 2.25. The van der Waals surface area contributed by atoms with E-state index in [9.17, 15) is 0 Å². The number of rotatable bonds is 8. The van der Waals surface area contributed by atoms with Gasteiger partial charge in [-0.15, -0.1) is 0 Å². The predicted molar refractivity (Wildman–Crippen MR) is 77.2 cm³/mol. The molecule has 0 fully saturated rings. The normalized spacial score (nSPS) is 17.6. The van der Waals surface area contributed by atoms with Crippen LogP contribution in [0.2, 0.25) is 0 Å². The maximum atomic E-state index is 3.62. The van der Waals surface area contributed by atoms with Crippen LogP contribution in [0.15, 0.2) is 23.3 Å². The molecule has 0 aliphatic heterocycles. The molecular weight excluding hydrogens is 206 g/mol. The zero-order valence-electron chi connectivity index (χ0n) is 11.9. The quantitative estimate of drug-likeness (QED) is 0.655. The van der Waals surface area contributed by atoms with Crippen molar-refractivity contribution in [2.45, 2.75) is 59.3 Å². The molecule has 1 heteroatoms. The number of hydrogen-bond acceptors (Lipinski definition) is 1.